The smallest absolute Gasteiger partial charge is 0.256 e. The molecule has 1 amide bonds. The summed E-state index contributed by atoms with van der Waals surface area (Å²) in [7, 11) is 0. The fourth-order valence-corrected chi connectivity index (χ4v) is 1.92. The van der Waals surface area contributed by atoms with Crippen molar-refractivity contribution in [2.24, 2.45) is 11.7 Å². The minimum absolute atomic E-state index is 0.153. The minimum atomic E-state index is -0.324. The Morgan fingerprint density at radius 2 is 2.28 bits per heavy atom. The lowest BCUT2D eigenvalue weighted by Gasteiger charge is -2.15. The summed E-state index contributed by atoms with van der Waals surface area (Å²) < 4.78 is 0. The van der Waals surface area contributed by atoms with Gasteiger partial charge in [-0.15, -0.1) is 0 Å². The Hall–Kier alpha value is -1.62. The van der Waals surface area contributed by atoms with Gasteiger partial charge in [0, 0.05) is 25.0 Å². The molecule has 0 bridgehead atoms. The summed E-state index contributed by atoms with van der Waals surface area (Å²) in [4.78, 5) is 26.0. The number of aromatic amines is 1. The van der Waals surface area contributed by atoms with Gasteiger partial charge in [0.05, 0.1) is 0 Å². The third kappa shape index (κ3) is 4.33. The van der Waals surface area contributed by atoms with Crippen LogP contribution in [-0.2, 0) is 0 Å². The average Bonchev–Trinajstić information content (AvgIpc) is 2.36. The summed E-state index contributed by atoms with van der Waals surface area (Å²) in [5.74, 6) is 0.0571. The number of carbonyl (C=O) groups is 1. The van der Waals surface area contributed by atoms with E-state index in [1.165, 1.54) is 18.5 Å². The molecular weight excluding hydrogens is 230 g/mol. The molecule has 18 heavy (non-hydrogen) atoms. The van der Waals surface area contributed by atoms with E-state index < -0.39 is 0 Å². The van der Waals surface area contributed by atoms with Crippen molar-refractivity contribution in [3.63, 3.8) is 0 Å². The van der Waals surface area contributed by atoms with Gasteiger partial charge in [-0.1, -0.05) is 13.3 Å². The molecule has 1 atom stereocenters. The monoisotopic (exact) mass is 251 g/mol. The number of H-pyrrole nitrogens is 1. The van der Waals surface area contributed by atoms with Crippen molar-refractivity contribution in [2.45, 2.75) is 26.2 Å². The zero-order chi connectivity index (χ0) is 13.4. The zero-order valence-electron chi connectivity index (χ0n) is 10.7. The molecule has 0 spiro atoms. The Labute approximate surface area is 107 Å². The van der Waals surface area contributed by atoms with Gasteiger partial charge in [0.1, 0.15) is 5.56 Å². The van der Waals surface area contributed by atoms with Gasteiger partial charge in [-0.3, -0.25) is 9.59 Å². The Balaban J connectivity index is 2.54. The molecule has 1 heterocycles. The van der Waals surface area contributed by atoms with Gasteiger partial charge in [-0.05, 0) is 25.3 Å². The van der Waals surface area contributed by atoms with Crippen LogP contribution in [0.2, 0.25) is 0 Å². The highest BCUT2D eigenvalue weighted by molar-refractivity contribution is 5.93. The molecule has 0 fully saturated rings. The number of hydrogen-bond acceptors (Lipinski definition) is 3. The Bertz CT molecular complexity index is 422. The number of rotatable bonds is 7. The van der Waals surface area contributed by atoms with E-state index in [4.69, 9.17) is 5.73 Å². The van der Waals surface area contributed by atoms with Crippen LogP contribution in [0.1, 0.15) is 36.5 Å². The molecule has 5 heteroatoms. The van der Waals surface area contributed by atoms with Crippen LogP contribution >= 0.6 is 0 Å². The van der Waals surface area contributed by atoms with Crippen LogP contribution in [0.25, 0.3) is 0 Å². The minimum Gasteiger partial charge on any atom is -0.367 e. The lowest BCUT2D eigenvalue weighted by Crippen LogP contribution is -2.33. The summed E-state index contributed by atoms with van der Waals surface area (Å²) in [5, 5.41) is 2.80. The van der Waals surface area contributed by atoms with E-state index >= 15 is 0 Å². The van der Waals surface area contributed by atoms with E-state index in [0.717, 1.165) is 19.3 Å². The van der Waals surface area contributed by atoms with Crippen LogP contribution < -0.4 is 16.5 Å². The highest BCUT2D eigenvalue weighted by Gasteiger charge is 2.12. The van der Waals surface area contributed by atoms with Gasteiger partial charge in [0.15, 0.2) is 5.43 Å². The van der Waals surface area contributed by atoms with E-state index in [-0.39, 0.29) is 16.9 Å². The second-order valence-corrected chi connectivity index (χ2v) is 4.36. The first-order chi connectivity index (χ1) is 8.69. The van der Waals surface area contributed by atoms with E-state index in [0.29, 0.717) is 19.0 Å². The maximum absolute atomic E-state index is 11.8. The summed E-state index contributed by atoms with van der Waals surface area (Å²) >= 11 is 0. The van der Waals surface area contributed by atoms with Gasteiger partial charge >= 0.3 is 0 Å². The molecule has 0 aliphatic rings. The molecule has 1 aromatic rings. The molecule has 0 saturated carbocycles. The van der Waals surface area contributed by atoms with Crippen LogP contribution in [-0.4, -0.2) is 24.0 Å². The lowest BCUT2D eigenvalue weighted by atomic mass is 10.00. The van der Waals surface area contributed by atoms with Crippen molar-refractivity contribution in [1.29, 1.82) is 0 Å². The van der Waals surface area contributed by atoms with E-state index in [2.05, 4.69) is 17.2 Å². The number of carbonyl (C=O) groups excluding carboxylic acids is 1. The van der Waals surface area contributed by atoms with Crippen molar-refractivity contribution >= 4 is 5.91 Å². The summed E-state index contributed by atoms with van der Waals surface area (Å²) in [6.45, 7) is 3.29. The first kappa shape index (κ1) is 14.4. The van der Waals surface area contributed by atoms with Gasteiger partial charge in [0.25, 0.3) is 5.91 Å². The molecule has 1 aromatic heterocycles. The predicted octanol–water partition coefficient (Wildman–Crippen LogP) is 0.870. The van der Waals surface area contributed by atoms with Crippen molar-refractivity contribution in [3.8, 4) is 0 Å². The normalized spacial score (nSPS) is 12.1. The lowest BCUT2D eigenvalue weighted by molar-refractivity contribution is 0.0944. The number of amides is 1. The van der Waals surface area contributed by atoms with Crippen molar-refractivity contribution in [3.05, 3.63) is 34.2 Å². The maximum atomic E-state index is 11.8. The molecule has 5 nitrogen and oxygen atoms in total. The second-order valence-electron chi connectivity index (χ2n) is 4.36. The third-order valence-electron chi connectivity index (χ3n) is 2.89. The highest BCUT2D eigenvalue weighted by Crippen LogP contribution is 2.08. The van der Waals surface area contributed by atoms with Gasteiger partial charge in [-0.2, -0.15) is 0 Å². The molecule has 100 valence electrons. The average molecular weight is 251 g/mol. The number of nitrogens with two attached hydrogens (primary N) is 1. The predicted molar refractivity (Wildman–Crippen MR) is 71.5 cm³/mol. The zero-order valence-corrected chi connectivity index (χ0v) is 10.7. The molecule has 1 unspecified atom stereocenters. The summed E-state index contributed by atoms with van der Waals surface area (Å²) in [5.41, 5.74) is 5.42. The fourth-order valence-electron chi connectivity index (χ4n) is 1.92. The van der Waals surface area contributed by atoms with Crippen LogP contribution in [0.5, 0.6) is 0 Å². The van der Waals surface area contributed by atoms with E-state index in [1.807, 2.05) is 0 Å². The first-order valence-electron chi connectivity index (χ1n) is 6.34. The fraction of sp³-hybridized carbons (Fsp3) is 0.538. The Kier molecular flexibility index (Phi) is 6.14. The van der Waals surface area contributed by atoms with Crippen molar-refractivity contribution in [2.75, 3.05) is 13.1 Å². The maximum Gasteiger partial charge on any atom is 0.256 e. The van der Waals surface area contributed by atoms with Crippen molar-refractivity contribution < 1.29 is 4.79 Å². The molecule has 4 N–H and O–H groups in total. The van der Waals surface area contributed by atoms with Gasteiger partial charge in [0.2, 0.25) is 0 Å². The molecule has 0 aliphatic carbocycles. The van der Waals surface area contributed by atoms with E-state index in [9.17, 15) is 9.59 Å². The van der Waals surface area contributed by atoms with Gasteiger partial charge in [-0.25, -0.2) is 0 Å². The van der Waals surface area contributed by atoms with Crippen LogP contribution in [0, 0.1) is 5.92 Å². The quantitative estimate of drug-likeness (QED) is 0.672. The third-order valence-corrected chi connectivity index (χ3v) is 2.89. The second kappa shape index (κ2) is 7.66. The van der Waals surface area contributed by atoms with Crippen LogP contribution in [0.4, 0.5) is 0 Å². The molecule has 0 saturated heterocycles. The SMILES string of the molecule is CCCC(CCN)CNC(=O)c1c[nH]ccc1=O. The van der Waals surface area contributed by atoms with Crippen molar-refractivity contribution in [1.82, 2.24) is 10.3 Å². The summed E-state index contributed by atoms with van der Waals surface area (Å²) in [6, 6.07) is 1.35. The standard InChI is InChI=1S/C13H21N3O2/c1-2-3-10(4-6-14)8-16-13(18)11-9-15-7-5-12(11)17/h5,7,9-10H,2-4,6,8,14H2,1H3,(H,15,17)(H,16,18). The van der Waals surface area contributed by atoms with Crippen LogP contribution in [0.3, 0.4) is 0 Å². The Morgan fingerprint density at radius 1 is 1.50 bits per heavy atom. The molecule has 0 radical (unpaired) electrons. The van der Waals surface area contributed by atoms with Gasteiger partial charge < -0.3 is 16.0 Å². The number of hydrogen-bond donors (Lipinski definition) is 3. The van der Waals surface area contributed by atoms with Crippen LogP contribution in [0.15, 0.2) is 23.3 Å². The molecule has 1 rings (SSSR count). The molecular formula is C13H21N3O2. The molecule has 0 aliphatic heterocycles. The summed E-state index contributed by atoms with van der Waals surface area (Å²) in [6.07, 6.45) is 5.91. The largest absolute Gasteiger partial charge is 0.367 e. The van der Waals surface area contributed by atoms with E-state index in [1.54, 1.807) is 0 Å². The first-order valence-corrected chi connectivity index (χ1v) is 6.34. The topological polar surface area (TPSA) is 88.0 Å². The Morgan fingerprint density at radius 3 is 2.89 bits per heavy atom. The number of nitrogens with one attached hydrogen (secondary N) is 2. The highest BCUT2D eigenvalue weighted by atomic mass is 16.2. The number of pyridine rings is 1. The number of aromatic nitrogens is 1. The molecule has 0 aromatic carbocycles.